The third kappa shape index (κ3) is 4.11. The molecule has 0 saturated heterocycles. The number of hydrogen-bond acceptors (Lipinski definition) is 4. The molecule has 1 aromatic carbocycles. The van der Waals surface area contributed by atoms with Gasteiger partial charge in [0.05, 0.1) is 10.0 Å². The van der Waals surface area contributed by atoms with Crippen LogP contribution >= 0.6 is 27.3 Å². The smallest absolute Gasteiger partial charge is 0.262 e. The van der Waals surface area contributed by atoms with E-state index in [9.17, 15) is 10.1 Å². The van der Waals surface area contributed by atoms with Crippen molar-refractivity contribution >= 4 is 38.2 Å². The van der Waals surface area contributed by atoms with Gasteiger partial charge < -0.3 is 10.1 Å². The first-order valence-electron chi connectivity index (χ1n) is 8.76. The van der Waals surface area contributed by atoms with Crippen molar-refractivity contribution in [3.05, 3.63) is 44.2 Å². The highest BCUT2D eigenvalue weighted by atomic mass is 79.9. The van der Waals surface area contributed by atoms with Gasteiger partial charge in [0.2, 0.25) is 0 Å². The second-order valence-corrected chi connectivity index (χ2v) is 8.67. The number of aryl methyl sites for hydroxylation is 1. The zero-order valence-electron chi connectivity index (χ0n) is 14.9. The number of halogens is 1. The SMILES string of the molecule is CC(C)c1ccc(OCC(=O)Nc2sc3c(c2C#N)CCCC3)c(Br)c1. The Labute approximate surface area is 166 Å². The molecule has 1 aromatic heterocycles. The average Bonchev–Trinajstić information content (AvgIpc) is 2.97. The van der Waals surface area contributed by atoms with Gasteiger partial charge in [0.15, 0.2) is 6.61 Å². The summed E-state index contributed by atoms with van der Waals surface area (Å²) < 4.78 is 6.48. The average molecular weight is 433 g/mol. The van der Waals surface area contributed by atoms with Crippen LogP contribution in [0.1, 0.15) is 54.2 Å². The van der Waals surface area contributed by atoms with Crippen molar-refractivity contribution in [3.63, 3.8) is 0 Å². The molecule has 0 spiro atoms. The molecule has 2 aromatic rings. The Balaban J connectivity index is 1.65. The summed E-state index contributed by atoms with van der Waals surface area (Å²) in [5.74, 6) is 0.813. The third-order valence-corrected chi connectivity index (χ3v) is 6.34. The molecular weight excluding hydrogens is 412 g/mol. The molecule has 3 rings (SSSR count). The van der Waals surface area contributed by atoms with Crippen LogP contribution in [0.25, 0.3) is 0 Å². The Morgan fingerprint density at radius 3 is 2.85 bits per heavy atom. The molecule has 1 N–H and O–H groups in total. The van der Waals surface area contributed by atoms with Crippen molar-refractivity contribution in [3.8, 4) is 11.8 Å². The Morgan fingerprint density at radius 2 is 2.15 bits per heavy atom. The lowest BCUT2D eigenvalue weighted by Crippen LogP contribution is -2.20. The minimum atomic E-state index is -0.250. The van der Waals surface area contributed by atoms with Crippen LogP contribution in [-0.4, -0.2) is 12.5 Å². The molecule has 0 unspecified atom stereocenters. The van der Waals surface area contributed by atoms with Crippen molar-refractivity contribution in [1.29, 1.82) is 5.26 Å². The van der Waals surface area contributed by atoms with E-state index in [4.69, 9.17) is 4.74 Å². The number of nitrogens with zero attached hydrogens (tertiary/aromatic N) is 1. The highest BCUT2D eigenvalue weighted by molar-refractivity contribution is 9.10. The summed E-state index contributed by atoms with van der Waals surface area (Å²) in [6.45, 7) is 4.17. The van der Waals surface area contributed by atoms with E-state index in [0.29, 0.717) is 22.2 Å². The summed E-state index contributed by atoms with van der Waals surface area (Å²) in [6, 6.07) is 8.15. The summed E-state index contributed by atoms with van der Waals surface area (Å²) >= 11 is 5.02. The van der Waals surface area contributed by atoms with Crippen molar-refractivity contribution < 1.29 is 9.53 Å². The standard InChI is InChI=1S/C20H21BrN2O2S/c1-12(2)13-7-8-17(16(21)9-13)25-11-19(24)23-20-15(10-22)14-5-3-4-6-18(14)26-20/h7-9,12H,3-6,11H2,1-2H3,(H,23,24). The summed E-state index contributed by atoms with van der Waals surface area (Å²) in [6.07, 6.45) is 4.18. The van der Waals surface area contributed by atoms with Crippen LogP contribution < -0.4 is 10.1 Å². The Hall–Kier alpha value is -1.84. The maximum atomic E-state index is 12.3. The molecule has 1 aliphatic carbocycles. The number of carbonyl (C=O) groups is 1. The second kappa shape index (κ2) is 8.24. The lowest BCUT2D eigenvalue weighted by atomic mass is 9.96. The third-order valence-electron chi connectivity index (χ3n) is 4.52. The number of anilines is 1. The molecule has 136 valence electrons. The number of benzene rings is 1. The molecule has 6 heteroatoms. The number of thiophene rings is 1. The van der Waals surface area contributed by atoms with Crippen LogP contribution in [0.15, 0.2) is 22.7 Å². The molecule has 0 bridgehead atoms. The second-order valence-electron chi connectivity index (χ2n) is 6.71. The summed E-state index contributed by atoms with van der Waals surface area (Å²) in [5, 5.41) is 13.0. The highest BCUT2D eigenvalue weighted by Gasteiger charge is 2.22. The fraction of sp³-hybridized carbons (Fsp3) is 0.400. The van der Waals surface area contributed by atoms with Gasteiger partial charge >= 0.3 is 0 Å². The molecule has 1 heterocycles. The van der Waals surface area contributed by atoms with Crippen molar-refractivity contribution in [2.24, 2.45) is 0 Å². The van der Waals surface area contributed by atoms with E-state index >= 15 is 0 Å². The first-order valence-corrected chi connectivity index (χ1v) is 10.4. The first kappa shape index (κ1) is 18.9. The number of nitriles is 1. The largest absolute Gasteiger partial charge is 0.483 e. The van der Waals surface area contributed by atoms with Crippen molar-refractivity contribution in [2.75, 3.05) is 11.9 Å². The Bertz CT molecular complexity index is 867. The van der Waals surface area contributed by atoms with Crippen LogP contribution in [0.2, 0.25) is 0 Å². The predicted octanol–water partition coefficient (Wildman–Crippen LogP) is 5.40. The monoisotopic (exact) mass is 432 g/mol. The summed E-state index contributed by atoms with van der Waals surface area (Å²) in [5.41, 5.74) is 2.95. The van der Waals surface area contributed by atoms with Gasteiger partial charge in [-0.25, -0.2) is 0 Å². The Morgan fingerprint density at radius 1 is 1.38 bits per heavy atom. The number of nitrogens with one attached hydrogen (secondary N) is 1. The van der Waals surface area contributed by atoms with Gasteiger partial charge in [-0.3, -0.25) is 4.79 Å². The molecule has 4 nitrogen and oxygen atoms in total. The number of carbonyl (C=O) groups excluding carboxylic acids is 1. The van der Waals surface area contributed by atoms with Crippen LogP contribution in [0.5, 0.6) is 5.75 Å². The molecule has 1 amide bonds. The first-order chi connectivity index (χ1) is 12.5. The molecular formula is C20H21BrN2O2S. The Kier molecular flexibility index (Phi) is 6.00. The fourth-order valence-corrected chi connectivity index (χ4v) is 4.84. The van der Waals surface area contributed by atoms with E-state index in [1.165, 1.54) is 21.8 Å². The lowest BCUT2D eigenvalue weighted by Gasteiger charge is -2.11. The summed E-state index contributed by atoms with van der Waals surface area (Å²) in [7, 11) is 0. The van der Waals surface area contributed by atoms with Crippen molar-refractivity contribution in [1.82, 2.24) is 0 Å². The molecule has 0 aliphatic heterocycles. The van der Waals surface area contributed by atoms with E-state index < -0.39 is 0 Å². The van der Waals surface area contributed by atoms with Gasteiger partial charge in [0, 0.05) is 4.88 Å². The lowest BCUT2D eigenvalue weighted by molar-refractivity contribution is -0.118. The fourth-order valence-electron chi connectivity index (χ4n) is 3.07. The maximum absolute atomic E-state index is 12.3. The molecule has 0 atom stereocenters. The zero-order valence-corrected chi connectivity index (χ0v) is 17.3. The molecule has 26 heavy (non-hydrogen) atoms. The van der Waals surface area contributed by atoms with Crippen LogP contribution in [0.4, 0.5) is 5.00 Å². The van der Waals surface area contributed by atoms with Gasteiger partial charge in [0.25, 0.3) is 5.91 Å². The topological polar surface area (TPSA) is 62.1 Å². The van der Waals surface area contributed by atoms with E-state index in [1.54, 1.807) is 0 Å². The van der Waals surface area contributed by atoms with Gasteiger partial charge in [-0.05, 0) is 70.8 Å². The van der Waals surface area contributed by atoms with Gasteiger partial charge in [-0.2, -0.15) is 5.26 Å². The van der Waals surface area contributed by atoms with E-state index in [1.807, 2.05) is 18.2 Å². The van der Waals surface area contributed by atoms with Crippen LogP contribution in [-0.2, 0) is 17.6 Å². The van der Waals surface area contributed by atoms with E-state index in [-0.39, 0.29) is 12.5 Å². The number of amides is 1. The molecule has 0 fully saturated rings. The highest BCUT2D eigenvalue weighted by Crippen LogP contribution is 2.37. The summed E-state index contributed by atoms with van der Waals surface area (Å²) in [4.78, 5) is 13.5. The van der Waals surface area contributed by atoms with Gasteiger partial charge in [0.1, 0.15) is 16.8 Å². The molecule has 0 radical (unpaired) electrons. The van der Waals surface area contributed by atoms with Crippen LogP contribution in [0, 0.1) is 11.3 Å². The molecule has 1 aliphatic rings. The van der Waals surface area contributed by atoms with Gasteiger partial charge in [-0.15, -0.1) is 11.3 Å². The number of ether oxygens (including phenoxy) is 1. The van der Waals surface area contributed by atoms with E-state index in [2.05, 4.69) is 41.2 Å². The molecule has 0 saturated carbocycles. The predicted molar refractivity (Wildman–Crippen MR) is 108 cm³/mol. The normalized spacial score (nSPS) is 13.2. The number of fused-ring (bicyclic) bond motifs is 1. The number of rotatable bonds is 5. The minimum absolute atomic E-state index is 0.0902. The van der Waals surface area contributed by atoms with Crippen LogP contribution in [0.3, 0.4) is 0 Å². The van der Waals surface area contributed by atoms with Crippen molar-refractivity contribution in [2.45, 2.75) is 45.4 Å². The number of hydrogen-bond donors (Lipinski definition) is 1. The van der Waals surface area contributed by atoms with Gasteiger partial charge in [-0.1, -0.05) is 19.9 Å². The van der Waals surface area contributed by atoms with E-state index in [0.717, 1.165) is 35.7 Å². The zero-order chi connectivity index (χ0) is 18.7. The minimum Gasteiger partial charge on any atom is -0.483 e. The quantitative estimate of drug-likeness (QED) is 0.687. The maximum Gasteiger partial charge on any atom is 0.262 e.